The predicted octanol–water partition coefficient (Wildman–Crippen LogP) is 6.71. The van der Waals surface area contributed by atoms with Gasteiger partial charge in [-0.25, -0.2) is 0 Å². The quantitative estimate of drug-likeness (QED) is 0.308. The molecule has 0 aliphatic carbocycles. The van der Waals surface area contributed by atoms with E-state index in [1.807, 2.05) is 66.7 Å². The van der Waals surface area contributed by atoms with Crippen molar-refractivity contribution in [1.29, 1.82) is 0 Å². The number of rotatable bonds is 4. The maximum absolute atomic E-state index is 13.0. The Kier molecular flexibility index (Phi) is 5.23. The van der Waals surface area contributed by atoms with Gasteiger partial charge in [0.2, 0.25) is 0 Å². The highest BCUT2D eigenvalue weighted by Gasteiger charge is 2.13. The molecule has 0 saturated carbocycles. The molecule has 0 bridgehead atoms. The summed E-state index contributed by atoms with van der Waals surface area (Å²) < 4.78 is 0.962. The number of fused-ring (bicyclic) bond motifs is 2. The molecule has 1 N–H and O–H groups in total. The minimum absolute atomic E-state index is 0.162. The topological polar surface area (TPSA) is 59.8 Å². The van der Waals surface area contributed by atoms with Gasteiger partial charge in [0, 0.05) is 15.7 Å². The zero-order valence-electron chi connectivity index (χ0n) is 17.7. The zero-order valence-corrected chi connectivity index (χ0v) is 19.3. The Bertz CT molecular complexity index is 1450. The van der Waals surface area contributed by atoms with Crippen LogP contribution < -0.4 is 5.32 Å². The number of carbonyl (C=O) groups is 1. The number of benzene rings is 4. The Morgan fingerprint density at radius 2 is 1.59 bits per heavy atom. The number of amides is 1. The van der Waals surface area contributed by atoms with Crippen molar-refractivity contribution in [3.05, 3.63) is 94.5 Å². The molecule has 1 heterocycles. The molecular weight excluding hydrogens is 464 g/mol. The fraction of sp³-hybridized carbons (Fsp3) is 0.115. The van der Waals surface area contributed by atoms with Crippen LogP contribution in [0.25, 0.3) is 27.5 Å². The second-order valence-corrected chi connectivity index (χ2v) is 8.89. The highest BCUT2D eigenvalue weighted by Crippen LogP contribution is 2.27. The van der Waals surface area contributed by atoms with Crippen LogP contribution in [0.2, 0.25) is 0 Å². The van der Waals surface area contributed by atoms with Crippen LogP contribution in [-0.4, -0.2) is 20.9 Å². The van der Waals surface area contributed by atoms with Gasteiger partial charge in [-0.15, -0.1) is 10.2 Å². The van der Waals surface area contributed by atoms with E-state index in [9.17, 15) is 4.79 Å². The van der Waals surface area contributed by atoms with Crippen molar-refractivity contribution < 1.29 is 4.79 Å². The maximum Gasteiger partial charge on any atom is 0.256 e. The number of hydrogen-bond acceptors (Lipinski definition) is 3. The molecule has 0 spiro atoms. The van der Waals surface area contributed by atoms with E-state index in [4.69, 9.17) is 0 Å². The summed E-state index contributed by atoms with van der Waals surface area (Å²) in [5.41, 5.74) is 4.96. The number of carbonyl (C=O) groups excluding carboxylic acids is 1. The van der Waals surface area contributed by atoms with Gasteiger partial charge in [0.15, 0.2) is 0 Å². The van der Waals surface area contributed by atoms with E-state index in [0.29, 0.717) is 17.2 Å². The molecule has 0 atom stereocenters. The van der Waals surface area contributed by atoms with Gasteiger partial charge < -0.3 is 5.32 Å². The van der Waals surface area contributed by atoms with Gasteiger partial charge in [-0.2, -0.15) is 4.80 Å². The third kappa shape index (κ3) is 3.78. The molecule has 0 aliphatic heterocycles. The third-order valence-corrected chi connectivity index (χ3v) is 6.23. The van der Waals surface area contributed by atoms with Gasteiger partial charge in [-0.1, -0.05) is 66.2 Å². The van der Waals surface area contributed by atoms with Gasteiger partial charge in [0.25, 0.3) is 5.91 Å². The SMILES string of the molecule is CC(C)c1ccc(-n2nc3ccc(NC(=O)c4cccc5c(Br)cccc45)cc3n2)cc1. The first-order valence-electron chi connectivity index (χ1n) is 10.5. The average Bonchev–Trinajstić information content (AvgIpc) is 3.22. The van der Waals surface area contributed by atoms with Crippen molar-refractivity contribution >= 4 is 49.3 Å². The Hall–Kier alpha value is -3.51. The standard InChI is InChI=1S/C26H21BrN4O/c1-16(2)17-9-12-19(13-10-17)31-29-24-14-11-18(15-25(24)30-31)28-26(32)22-7-3-6-21-20(22)5-4-8-23(21)27/h3-16H,1-2H3,(H,28,32). The Morgan fingerprint density at radius 1 is 0.875 bits per heavy atom. The van der Waals surface area contributed by atoms with Crippen molar-refractivity contribution in [2.24, 2.45) is 0 Å². The van der Waals surface area contributed by atoms with Crippen molar-refractivity contribution in [1.82, 2.24) is 15.0 Å². The summed E-state index contributed by atoms with van der Waals surface area (Å²) in [5.74, 6) is 0.312. The lowest BCUT2D eigenvalue weighted by Gasteiger charge is -2.09. The number of nitrogens with one attached hydrogen (secondary N) is 1. The van der Waals surface area contributed by atoms with E-state index in [-0.39, 0.29) is 5.91 Å². The molecule has 5 nitrogen and oxygen atoms in total. The molecule has 5 aromatic rings. The van der Waals surface area contributed by atoms with E-state index >= 15 is 0 Å². The second-order valence-electron chi connectivity index (χ2n) is 8.03. The van der Waals surface area contributed by atoms with Gasteiger partial charge in [-0.3, -0.25) is 4.79 Å². The lowest BCUT2D eigenvalue weighted by atomic mass is 10.0. The van der Waals surface area contributed by atoms with Gasteiger partial charge in [0.1, 0.15) is 11.0 Å². The molecule has 4 aromatic carbocycles. The lowest BCUT2D eigenvalue weighted by Crippen LogP contribution is -2.12. The predicted molar refractivity (Wildman–Crippen MR) is 133 cm³/mol. The Morgan fingerprint density at radius 3 is 2.38 bits per heavy atom. The molecule has 0 saturated heterocycles. The number of halogens is 1. The summed E-state index contributed by atoms with van der Waals surface area (Å²) in [6.45, 7) is 4.34. The first-order valence-corrected chi connectivity index (χ1v) is 11.2. The van der Waals surface area contributed by atoms with Crippen LogP contribution in [0, 0.1) is 0 Å². The minimum atomic E-state index is -0.162. The van der Waals surface area contributed by atoms with Gasteiger partial charge >= 0.3 is 0 Å². The van der Waals surface area contributed by atoms with E-state index in [2.05, 4.69) is 57.4 Å². The number of hydrogen-bond donors (Lipinski definition) is 1. The van der Waals surface area contributed by atoms with E-state index in [1.54, 1.807) is 4.80 Å². The van der Waals surface area contributed by atoms with Crippen LogP contribution in [0.15, 0.2) is 83.3 Å². The number of nitrogens with zero attached hydrogens (tertiary/aromatic N) is 3. The van der Waals surface area contributed by atoms with Crippen LogP contribution in [-0.2, 0) is 0 Å². The first kappa shape index (κ1) is 20.4. The van der Waals surface area contributed by atoms with Crippen LogP contribution in [0.1, 0.15) is 35.7 Å². The number of anilines is 1. The fourth-order valence-electron chi connectivity index (χ4n) is 3.77. The zero-order chi connectivity index (χ0) is 22.2. The smallest absolute Gasteiger partial charge is 0.256 e. The van der Waals surface area contributed by atoms with Crippen LogP contribution >= 0.6 is 15.9 Å². The molecule has 0 radical (unpaired) electrons. The van der Waals surface area contributed by atoms with Gasteiger partial charge in [0.05, 0.1) is 5.69 Å². The molecule has 1 amide bonds. The normalized spacial score (nSPS) is 11.4. The van der Waals surface area contributed by atoms with E-state index in [0.717, 1.165) is 32.0 Å². The second kappa shape index (κ2) is 8.20. The van der Waals surface area contributed by atoms with Crippen LogP contribution in [0.4, 0.5) is 5.69 Å². The van der Waals surface area contributed by atoms with Crippen molar-refractivity contribution in [3.8, 4) is 5.69 Å². The van der Waals surface area contributed by atoms with E-state index in [1.165, 1.54) is 5.56 Å². The largest absolute Gasteiger partial charge is 0.322 e. The molecule has 32 heavy (non-hydrogen) atoms. The molecule has 0 unspecified atom stereocenters. The summed E-state index contributed by atoms with van der Waals surface area (Å²) in [7, 11) is 0. The first-order chi connectivity index (χ1) is 15.5. The molecule has 1 aromatic heterocycles. The summed E-state index contributed by atoms with van der Waals surface area (Å²) in [6, 6.07) is 25.4. The molecule has 5 rings (SSSR count). The van der Waals surface area contributed by atoms with Gasteiger partial charge in [-0.05, 0) is 64.7 Å². The third-order valence-electron chi connectivity index (χ3n) is 5.54. The van der Waals surface area contributed by atoms with Crippen molar-refractivity contribution in [2.45, 2.75) is 19.8 Å². The highest BCUT2D eigenvalue weighted by atomic mass is 79.9. The lowest BCUT2D eigenvalue weighted by molar-refractivity contribution is 0.102. The number of aromatic nitrogens is 3. The van der Waals surface area contributed by atoms with Crippen LogP contribution in [0.5, 0.6) is 0 Å². The van der Waals surface area contributed by atoms with Crippen molar-refractivity contribution in [2.75, 3.05) is 5.32 Å². The molecule has 0 fully saturated rings. The Labute approximate surface area is 194 Å². The summed E-state index contributed by atoms with van der Waals surface area (Å²) in [5, 5.41) is 14.1. The molecule has 158 valence electrons. The average molecular weight is 485 g/mol. The summed E-state index contributed by atoms with van der Waals surface area (Å²) >= 11 is 3.56. The maximum atomic E-state index is 13.0. The summed E-state index contributed by atoms with van der Waals surface area (Å²) in [6.07, 6.45) is 0. The van der Waals surface area contributed by atoms with E-state index < -0.39 is 0 Å². The molecular formula is C26H21BrN4O. The highest BCUT2D eigenvalue weighted by molar-refractivity contribution is 9.10. The summed E-state index contributed by atoms with van der Waals surface area (Å²) in [4.78, 5) is 14.6. The molecule has 0 aliphatic rings. The fourth-order valence-corrected chi connectivity index (χ4v) is 4.27. The van der Waals surface area contributed by atoms with Crippen molar-refractivity contribution in [3.63, 3.8) is 0 Å². The monoisotopic (exact) mass is 484 g/mol. The van der Waals surface area contributed by atoms with Crippen LogP contribution in [0.3, 0.4) is 0 Å². The minimum Gasteiger partial charge on any atom is -0.322 e. The molecule has 6 heteroatoms. The Balaban J connectivity index is 1.43.